The van der Waals surface area contributed by atoms with Gasteiger partial charge in [0, 0.05) is 6.07 Å². The lowest BCUT2D eigenvalue weighted by atomic mass is 10.3. The Hall–Kier alpha value is -2.04. The summed E-state index contributed by atoms with van der Waals surface area (Å²) in [6, 6.07) is 6.90. The van der Waals surface area contributed by atoms with Gasteiger partial charge in [0.15, 0.2) is 5.78 Å². The molecule has 0 spiro atoms. The number of benzene rings is 1. The van der Waals surface area contributed by atoms with Gasteiger partial charge in [-0.25, -0.2) is 0 Å². The van der Waals surface area contributed by atoms with Gasteiger partial charge in [-0.3, -0.25) is 9.59 Å². The van der Waals surface area contributed by atoms with Gasteiger partial charge in [0.1, 0.15) is 24.5 Å². The van der Waals surface area contributed by atoms with Crippen molar-refractivity contribution in [1.82, 2.24) is 0 Å². The molecule has 0 aliphatic heterocycles. The highest BCUT2D eigenvalue weighted by Gasteiger charge is 2.11. The molecule has 98 valence electrons. The third-order valence-electron chi connectivity index (χ3n) is 2.09. The molecule has 0 saturated carbocycles. The number of rotatable bonds is 7. The minimum atomic E-state index is -0.531. The number of ketones is 1. The van der Waals surface area contributed by atoms with Crippen molar-refractivity contribution in [3.8, 4) is 11.5 Å². The predicted molar refractivity (Wildman–Crippen MR) is 64.7 cm³/mol. The fourth-order valence-electron chi connectivity index (χ4n) is 1.28. The van der Waals surface area contributed by atoms with Crippen molar-refractivity contribution in [1.29, 1.82) is 0 Å². The summed E-state index contributed by atoms with van der Waals surface area (Å²) in [5.74, 6) is 0.310. The Morgan fingerprint density at radius 2 is 1.94 bits per heavy atom. The Bertz CT molecular complexity index is 414. The zero-order valence-electron chi connectivity index (χ0n) is 10.5. The molecule has 1 rings (SSSR count). The smallest absolute Gasteiger partial charge is 0.313 e. The lowest BCUT2D eigenvalue weighted by Gasteiger charge is -2.06. The summed E-state index contributed by atoms with van der Waals surface area (Å²) in [7, 11) is 1.55. The Morgan fingerprint density at radius 1 is 1.22 bits per heavy atom. The molecule has 5 heteroatoms. The van der Waals surface area contributed by atoms with Crippen LogP contribution in [0.25, 0.3) is 0 Å². The second-order valence-corrected chi connectivity index (χ2v) is 3.49. The van der Waals surface area contributed by atoms with Crippen LogP contribution in [-0.4, -0.2) is 32.1 Å². The molecule has 0 aromatic heterocycles. The number of esters is 1. The molecule has 0 bridgehead atoms. The van der Waals surface area contributed by atoms with E-state index in [1.165, 1.54) is 0 Å². The first-order chi connectivity index (χ1) is 8.65. The SMILES string of the molecule is CCOC(=O)CC(=O)COc1cccc(OC)c1. The zero-order valence-corrected chi connectivity index (χ0v) is 10.5. The Morgan fingerprint density at radius 3 is 2.61 bits per heavy atom. The normalized spacial score (nSPS) is 9.67. The van der Waals surface area contributed by atoms with E-state index in [0.29, 0.717) is 11.5 Å². The van der Waals surface area contributed by atoms with Crippen LogP contribution in [0.5, 0.6) is 11.5 Å². The van der Waals surface area contributed by atoms with E-state index in [1.54, 1.807) is 38.3 Å². The van der Waals surface area contributed by atoms with Crippen LogP contribution in [0.2, 0.25) is 0 Å². The van der Waals surface area contributed by atoms with Crippen LogP contribution in [-0.2, 0) is 14.3 Å². The Labute approximate surface area is 106 Å². The van der Waals surface area contributed by atoms with Crippen LogP contribution in [0, 0.1) is 0 Å². The summed E-state index contributed by atoms with van der Waals surface area (Å²) in [5.41, 5.74) is 0. The summed E-state index contributed by atoms with van der Waals surface area (Å²) >= 11 is 0. The van der Waals surface area contributed by atoms with E-state index in [1.807, 2.05) is 0 Å². The molecule has 0 radical (unpaired) electrons. The van der Waals surface area contributed by atoms with Crippen LogP contribution < -0.4 is 9.47 Å². The molecule has 0 saturated heterocycles. The summed E-state index contributed by atoms with van der Waals surface area (Å²) in [6.45, 7) is 1.80. The molecule has 18 heavy (non-hydrogen) atoms. The minimum absolute atomic E-state index is 0.161. The molecule has 0 aliphatic rings. The van der Waals surface area contributed by atoms with Crippen LogP contribution in [0.3, 0.4) is 0 Å². The van der Waals surface area contributed by atoms with E-state index in [9.17, 15) is 9.59 Å². The number of carbonyl (C=O) groups is 2. The van der Waals surface area contributed by atoms with E-state index in [4.69, 9.17) is 9.47 Å². The van der Waals surface area contributed by atoms with Crippen molar-refractivity contribution in [3.63, 3.8) is 0 Å². The monoisotopic (exact) mass is 252 g/mol. The van der Waals surface area contributed by atoms with E-state index < -0.39 is 5.97 Å². The van der Waals surface area contributed by atoms with Crippen molar-refractivity contribution in [2.45, 2.75) is 13.3 Å². The first kappa shape index (κ1) is 14.0. The highest BCUT2D eigenvalue weighted by molar-refractivity contribution is 5.96. The quantitative estimate of drug-likeness (QED) is 0.545. The van der Waals surface area contributed by atoms with Crippen LogP contribution >= 0.6 is 0 Å². The first-order valence-corrected chi connectivity index (χ1v) is 5.60. The van der Waals surface area contributed by atoms with Crippen molar-refractivity contribution in [2.24, 2.45) is 0 Å². The first-order valence-electron chi connectivity index (χ1n) is 5.60. The Balaban J connectivity index is 2.40. The molecule has 0 amide bonds. The largest absolute Gasteiger partial charge is 0.497 e. The second kappa shape index (κ2) is 7.32. The highest BCUT2D eigenvalue weighted by atomic mass is 16.5. The maximum atomic E-state index is 11.4. The van der Waals surface area contributed by atoms with E-state index in [0.717, 1.165) is 0 Å². The highest BCUT2D eigenvalue weighted by Crippen LogP contribution is 2.18. The molecule has 0 heterocycles. The average Bonchev–Trinajstić information content (AvgIpc) is 2.37. The molecule has 0 unspecified atom stereocenters. The minimum Gasteiger partial charge on any atom is -0.497 e. The maximum absolute atomic E-state index is 11.4. The number of Topliss-reactive ketones (excluding diaryl/α,β-unsaturated/α-hetero) is 1. The van der Waals surface area contributed by atoms with Gasteiger partial charge >= 0.3 is 5.97 Å². The third-order valence-corrected chi connectivity index (χ3v) is 2.09. The lowest BCUT2D eigenvalue weighted by Crippen LogP contribution is -2.17. The maximum Gasteiger partial charge on any atom is 0.313 e. The summed E-state index contributed by atoms with van der Waals surface area (Å²) < 4.78 is 14.9. The molecule has 0 atom stereocenters. The number of hydrogen-bond acceptors (Lipinski definition) is 5. The number of methoxy groups -OCH3 is 1. The zero-order chi connectivity index (χ0) is 13.4. The number of hydrogen-bond donors (Lipinski definition) is 0. The predicted octanol–water partition coefficient (Wildman–Crippen LogP) is 1.60. The van der Waals surface area contributed by atoms with Gasteiger partial charge in [-0.2, -0.15) is 0 Å². The standard InChI is InChI=1S/C13H16O5/c1-3-17-13(15)7-10(14)9-18-12-6-4-5-11(8-12)16-2/h4-6,8H,3,7,9H2,1-2H3. The summed E-state index contributed by atoms with van der Waals surface area (Å²) in [5, 5.41) is 0. The molecular formula is C13H16O5. The summed E-state index contributed by atoms with van der Waals surface area (Å²) in [6.07, 6.45) is -0.266. The molecule has 1 aromatic rings. The number of carbonyl (C=O) groups excluding carboxylic acids is 2. The van der Waals surface area contributed by atoms with Crippen LogP contribution in [0.4, 0.5) is 0 Å². The molecule has 0 fully saturated rings. The van der Waals surface area contributed by atoms with Gasteiger partial charge in [-0.05, 0) is 19.1 Å². The molecule has 0 N–H and O–H groups in total. The fourth-order valence-corrected chi connectivity index (χ4v) is 1.28. The van der Waals surface area contributed by atoms with E-state index in [-0.39, 0.29) is 25.4 Å². The van der Waals surface area contributed by atoms with Crippen LogP contribution in [0.1, 0.15) is 13.3 Å². The van der Waals surface area contributed by atoms with Gasteiger partial charge in [0.05, 0.1) is 13.7 Å². The van der Waals surface area contributed by atoms with Crippen molar-refractivity contribution in [2.75, 3.05) is 20.3 Å². The third kappa shape index (κ3) is 4.86. The lowest BCUT2D eigenvalue weighted by molar-refractivity contribution is -0.145. The topological polar surface area (TPSA) is 61.8 Å². The molecule has 1 aromatic carbocycles. The van der Waals surface area contributed by atoms with Gasteiger partial charge in [0.25, 0.3) is 0 Å². The van der Waals surface area contributed by atoms with Gasteiger partial charge in [-0.1, -0.05) is 6.07 Å². The van der Waals surface area contributed by atoms with Gasteiger partial charge in [0.2, 0.25) is 0 Å². The van der Waals surface area contributed by atoms with Crippen molar-refractivity contribution >= 4 is 11.8 Å². The number of ether oxygens (including phenoxy) is 3. The summed E-state index contributed by atoms with van der Waals surface area (Å²) in [4.78, 5) is 22.4. The van der Waals surface area contributed by atoms with Gasteiger partial charge in [-0.15, -0.1) is 0 Å². The average molecular weight is 252 g/mol. The fraction of sp³-hybridized carbons (Fsp3) is 0.385. The van der Waals surface area contributed by atoms with Gasteiger partial charge < -0.3 is 14.2 Å². The second-order valence-electron chi connectivity index (χ2n) is 3.49. The Kier molecular flexibility index (Phi) is 5.70. The molecule has 0 aliphatic carbocycles. The van der Waals surface area contributed by atoms with E-state index >= 15 is 0 Å². The van der Waals surface area contributed by atoms with E-state index in [2.05, 4.69) is 4.74 Å². The van der Waals surface area contributed by atoms with Crippen molar-refractivity contribution in [3.05, 3.63) is 24.3 Å². The molecule has 5 nitrogen and oxygen atoms in total. The van der Waals surface area contributed by atoms with Crippen molar-refractivity contribution < 1.29 is 23.8 Å². The van der Waals surface area contributed by atoms with Crippen LogP contribution in [0.15, 0.2) is 24.3 Å². The molecular weight excluding hydrogens is 236 g/mol.